The molecule has 0 amide bonds. The van der Waals surface area contributed by atoms with Gasteiger partial charge in [-0.2, -0.15) is 0 Å². The summed E-state index contributed by atoms with van der Waals surface area (Å²) >= 11 is 0. The number of pyridine rings is 1. The molecule has 1 atom stereocenters. The molecule has 1 unspecified atom stereocenters. The van der Waals surface area contributed by atoms with E-state index in [0.717, 1.165) is 18.6 Å². The zero-order chi connectivity index (χ0) is 9.68. The Hall–Kier alpha value is -1.25. The molecule has 0 fully saturated rings. The average Bonchev–Trinajstić information content (AvgIpc) is 2.04. The maximum Gasteiger partial charge on any atom is 0.140 e. The Balaban J connectivity index is 2.53. The van der Waals surface area contributed by atoms with Crippen LogP contribution in [-0.2, 0) is 0 Å². The summed E-state index contributed by atoms with van der Waals surface area (Å²) in [5.74, 6) is 0.751. The van der Waals surface area contributed by atoms with Crippen LogP contribution in [0.25, 0.3) is 0 Å². The van der Waals surface area contributed by atoms with Crippen molar-refractivity contribution in [3.05, 3.63) is 18.5 Å². The number of ether oxygens (including phenoxy) is 1. The van der Waals surface area contributed by atoms with E-state index >= 15 is 0 Å². The number of aromatic nitrogens is 1. The highest BCUT2D eigenvalue weighted by Crippen LogP contribution is 2.15. The van der Waals surface area contributed by atoms with E-state index in [1.165, 1.54) is 0 Å². The van der Waals surface area contributed by atoms with Crippen molar-refractivity contribution in [1.29, 1.82) is 0 Å². The maximum absolute atomic E-state index is 5.59. The highest BCUT2D eigenvalue weighted by Gasteiger charge is 2.02. The predicted octanol–water partition coefficient (Wildman–Crippen LogP) is 2.23. The molecule has 0 bridgehead atoms. The van der Waals surface area contributed by atoms with Crippen LogP contribution in [0, 0.1) is 0 Å². The van der Waals surface area contributed by atoms with Crippen molar-refractivity contribution in [3.63, 3.8) is 0 Å². The van der Waals surface area contributed by atoms with Gasteiger partial charge in [0.05, 0.1) is 24.2 Å². The van der Waals surface area contributed by atoms with Crippen LogP contribution in [-0.4, -0.2) is 11.1 Å². The van der Waals surface area contributed by atoms with Crippen LogP contribution in [0.15, 0.2) is 18.5 Å². The van der Waals surface area contributed by atoms with E-state index in [-0.39, 0.29) is 6.10 Å². The number of nitrogens with zero attached hydrogens (tertiary/aromatic N) is 1. The van der Waals surface area contributed by atoms with Gasteiger partial charge in [-0.05, 0) is 13.3 Å². The lowest BCUT2D eigenvalue weighted by atomic mass is 10.2. The van der Waals surface area contributed by atoms with Gasteiger partial charge in [-0.1, -0.05) is 13.3 Å². The molecule has 0 aromatic carbocycles. The third kappa shape index (κ3) is 3.32. The largest absolute Gasteiger partial charge is 0.489 e. The summed E-state index contributed by atoms with van der Waals surface area (Å²) in [5, 5.41) is 0. The monoisotopic (exact) mass is 180 g/mol. The van der Waals surface area contributed by atoms with Crippen molar-refractivity contribution in [1.82, 2.24) is 4.98 Å². The fourth-order valence-corrected chi connectivity index (χ4v) is 1.20. The van der Waals surface area contributed by atoms with E-state index in [4.69, 9.17) is 10.5 Å². The molecule has 0 aliphatic rings. The third-order valence-electron chi connectivity index (χ3n) is 1.77. The van der Waals surface area contributed by atoms with Gasteiger partial charge in [-0.3, -0.25) is 4.98 Å². The minimum atomic E-state index is 0.230. The first-order chi connectivity index (χ1) is 6.22. The fraction of sp³-hybridized carbons (Fsp3) is 0.500. The lowest BCUT2D eigenvalue weighted by molar-refractivity contribution is 0.209. The van der Waals surface area contributed by atoms with E-state index in [2.05, 4.69) is 11.9 Å². The Labute approximate surface area is 78.9 Å². The fourth-order valence-electron chi connectivity index (χ4n) is 1.20. The lowest BCUT2D eigenvalue weighted by Gasteiger charge is -2.13. The van der Waals surface area contributed by atoms with E-state index < -0.39 is 0 Å². The SMILES string of the molecule is CCCC(C)Oc1cncc(N)c1. The number of nitrogen functional groups attached to an aromatic ring is 1. The molecule has 0 aliphatic carbocycles. The Morgan fingerprint density at radius 2 is 2.31 bits per heavy atom. The summed E-state index contributed by atoms with van der Waals surface area (Å²) in [6, 6.07) is 1.79. The number of nitrogens with two attached hydrogens (primary N) is 1. The van der Waals surface area contributed by atoms with Crippen molar-refractivity contribution in [2.24, 2.45) is 0 Å². The molecule has 0 saturated heterocycles. The normalized spacial score (nSPS) is 12.5. The Morgan fingerprint density at radius 1 is 1.54 bits per heavy atom. The lowest BCUT2D eigenvalue weighted by Crippen LogP contribution is -2.11. The zero-order valence-electron chi connectivity index (χ0n) is 8.16. The van der Waals surface area contributed by atoms with Crippen molar-refractivity contribution in [3.8, 4) is 5.75 Å². The average molecular weight is 180 g/mol. The maximum atomic E-state index is 5.59. The highest BCUT2D eigenvalue weighted by molar-refractivity contribution is 5.39. The second-order valence-corrected chi connectivity index (χ2v) is 3.17. The number of hydrogen-bond donors (Lipinski definition) is 1. The smallest absolute Gasteiger partial charge is 0.140 e. The third-order valence-corrected chi connectivity index (χ3v) is 1.77. The van der Waals surface area contributed by atoms with Gasteiger partial charge >= 0.3 is 0 Å². The highest BCUT2D eigenvalue weighted by atomic mass is 16.5. The van der Waals surface area contributed by atoms with Gasteiger partial charge in [-0.15, -0.1) is 0 Å². The molecule has 3 nitrogen and oxygen atoms in total. The molecule has 0 saturated carbocycles. The first-order valence-corrected chi connectivity index (χ1v) is 4.59. The van der Waals surface area contributed by atoms with Crippen LogP contribution in [0.5, 0.6) is 5.75 Å². The summed E-state index contributed by atoms with van der Waals surface area (Å²) in [5.41, 5.74) is 6.21. The summed E-state index contributed by atoms with van der Waals surface area (Å²) in [6.07, 6.45) is 5.69. The van der Waals surface area contributed by atoms with Gasteiger partial charge in [0.15, 0.2) is 0 Å². The van der Waals surface area contributed by atoms with E-state index in [1.807, 2.05) is 6.92 Å². The van der Waals surface area contributed by atoms with Crippen molar-refractivity contribution >= 4 is 5.69 Å². The molecule has 3 heteroatoms. The van der Waals surface area contributed by atoms with Crippen LogP contribution in [0.4, 0.5) is 5.69 Å². The predicted molar refractivity (Wildman–Crippen MR) is 53.6 cm³/mol. The molecular weight excluding hydrogens is 164 g/mol. The van der Waals surface area contributed by atoms with Crippen LogP contribution in [0.3, 0.4) is 0 Å². The minimum absolute atomic E-state index is 0.230. The van der Waals surface area contributed by atoms with Gasteiger partial charge < -0.3 is 10.5 Å². The first kappa shape index (κ1) is 9.84. The van der Waals surface area contributed by atoms with E-state index in [1.54, 1.807) is 18.5 Å². The van der Waals surface area contributed by atoms with Crippen LogP contribution in [0.1, 0.15) is 26.7 Å². The Kier molecular flexibility index (Phi) is 3.55. The van der Waals surface area contributed by atoms with Crippen molar-refractivity contribution < 1.29 is 4.74 Å². The molecule has 1 heterocycles. The quantitative estimate of drug-likeness (QED) is 0.773. The number of rotatable bonds is 4. The standard InChI is InChI=1S/C10H16N2O/c1-3-4-8(2)13-10-5-9(11)6-12-7-10/h5-8H,3-4,11H2,1-2H3. The molecular formula is C10H16N2O. The topological polar surface area (TPSA) is 48.1 Å². The molecule has 72 valence electrons. The van der Waals surface area contributed by atoms with Gasteiger partial charge in [0.25, 0.3) is 0 Å². The van der Waals surface area contributed by atoms with Gasteiger partial charge in [0.2, 0.25) is 0 Å². The van der Waals surface area contributed by atoms with Gasteiger partial charge in [0.1, 0.15) is 5.75 Å². The zero-order valence-corrected chi connectivity index (χ0v) is 8.16. The first-order valence-electron chi connectivity index (χ1n) is 4.59. The van der Waals surface area contributed by atoms with E-state index in [0.29, 0.717) is 5.69 Å². The molecule has 2 N–H and O–H groups in total. The molecule has 13 heavy (non-hydrogen) atoms. The Morgan fingerprint density at radius 3 is 2.92 bits per heavy atom. The Bertz CT molecular complexity index is 263. The summed E-state index contributed by atoms with van der Waals surface area (Å²) in [6.45, 7) is 4.18. The van der Waals surface area contributed by atoms with Gasteiger partial charge in [0, 0.05) is 6.07 Å². The van der Waals surface area contributed by atoms with Crippen LogP contribution >= 0.6 is 0 Å². The molecule has 1 rings (SSSR count). The number of anilines is 1. The summed E-state index contributed by atoms with van der Waals surface area (Å²) in [7, 11) is 0. The molecule has 0 spiro atoms. The summed E-state index contributed by atoms with van der Waals surface area (Å²) < 4.78 is 5.59. The van der Waals surface area contributed by atoms with Gasteiger partial charge in [-0.25, -0.2) is 0 Å². The van der Waals surface area contributed by atoms with Crippen molar-refractivity contribution in [2.45, 2.75) is 32.8 Å². The molecule has 1 aromatic rings. The van der Waals surface area contributed by atoms with Crippen LogP contribution < -0.4 is 10.5 Å². The van der Waals surface area contributed by atoms with Crippen LogP contribution in [0.2, 0.25) is 0 Å². The number of hydrogen-bond acceptors (Lipinski definition) is 3. The molecule has 0 aliphatic heterocycles. The van der Waals surface area contributed by atoms with Crippen molar-refractivity contribution in [2.75, 3.05) is 5.73 Å². The molecule has 1 aromatic heterocycles. The molecule has 0 radical (unpaired) electrons. The second kappa shape index (κ2) is 4.70. The second-order valence-electron chi connectivity index (χ2n) is 3.17. The summed E-state index contributed by atoms with van der Waals surface area (Å²) in [4.78, 5) is 3.95. The minimum Gasteiger partial charge on any atom is -0.489 e. The van der Waals surface area contributed by atoms with E-state index in [9.17, 15) is 0 Å².